The van der Waals surface area contributed by atoms with Gasteiger partial charge in [0.2, 0.25) is 0 Å². The van der Waals surface area contributed by atoms with Gasteiger partial charge in [-0.3, -0.25) is 14.4 Å². The summed E-state index contributed by atoms with van der Waals surface area (Å²) in [6.07, 6.45) is 0.496. The molecule has 0 radical (unpaired) electrons. The molecule has 1 aromatic rings. The van der Waals surface area contributed by atoms with Crippen LogP contribution in [0.2, 0.25) is 0 Å². The minimum absolute atomic E-state index is 0.0324. The number of aliphatic hydroxyl groups excluding tert-OH is 2. The van der Waals surface area contributed by atoms with E-state index in [1.807, 2.05) is 26.8 Å². The molecule has 9 nitrogen and oxygen atoms in total. The minimum atomic E-state index is -1.10. The number of ether oxygens (including phenoxy) is 3. The number of carbonyl (C=O) groups is 3. The number of carbonyl (C=O) groups excluding carboxylic acids is 3. The van der Waals surface area contributed by atoms with Gasteiger partial charge < -0.3 is 28.8 Å². The number of hydrogen-bond acceptors (Lipinski definition) is 9. The maximum Gasteiger partial charge on any atom is 0.302 e. The maximum atomic E-state index is 14.4. The zero-order chi connectivity index (χ0) is 27.4. The Labute approximate surface area is 222 Å². The molecule has 2 N–H and O–H groups in total. The zero-order valence-electron chi connectivity index (χ0n) is 22.6. The van der Waals surface area contributed by atoms with Crippen molar-refractivity contribution in [3.63, 3.8) is 0 Å². The molecular formula is C29H38O9. The Kier molecular flexibility index (Phi) is 5.66. The third kappa shape index (κ3) is 2.94. The molecule has 0 amide bonds. The third-order valence-corrected chi connectivity index (χ3v) is 11.6. The van der Waals surface area contributed by atoms with E-state index in [1.54, 1.807) is 12.5 Å². The molecule has 1 saturated heterocycles. The van der Waals surface area contributed by atoms with Gasteiger partial charge in [-0.2, -0.15) is 0 Å². The number of rotatable bonds is 3. The molecule has 0 aromatic carbocycles. The van der Waals surface area contributed by atoms with Crippen molar-refractivity contribution in [2.45, 2.75) is 83.9 Å². The van der Waals surface area contributed by atoms with Crippen molar-refractivity contribution in [1.82, 2.24) is 0 Å². The second-order valence-electron chi connectivity index (χ2n) is 13.2. The van der Waals surface area contributed by atoms with Gasteiger partial charge in [0.15, 0.2) is 6.29 Å². The van der Waals surface area contributed by atoms with Gasteiger partial charge in [0.1, 0.15) is 17.7 Å². The SMILES string of the molecule is CO[C@@H]1OC[C@]23[C@@H](O)C[C@@H](OC(C)=O)[C@@]1(C)[C@@H]2C[C@@H](O)[C@@]1(C)[C@@H]2C(=O)C[C@@H](c4ccoc4)[C@]2(C)CC(=O)[C@@H]13. The molecule has 6 rings (SSSR count). The molecule has 12 atom stereocenters. The van der Waals surface area contributed by atoms with Crippen LogP contribution in [0.3, 0.4) is 0 Å². The first kappa shape index (κ1) is 26.2. The maximum absolute atomic E-state index is 14.4. The molecule has 2 heterocycles. The van der Waals surface area contributed by atoms with Crippen molar-refractivity contribution in [2.75, 3.05) is 13.7 Å². The Bertz CT molecular complexity index is 1160. The number of aliphatic hydroxyl groups is 2. The van der Waals surface area contributed by atoms with Crippen LogP contribution in [0.15, 0.2) is 23.0 Å². The molecule has 5 fully saturated rings. The van der Waals surface area contributed by atoms with Crippen molar-refractivity contribution < 1.29 is 43.2 Å². The summed E-state index contributed by atoms with van der Waals surface area (Å²) in [6, 6.07) is 1.85. The number of methoxy groups -OCH3 is 1. The lowest BCUT2D eigenvalue weighted by atomic mass is 9.34. The molecule has 5 aliphatic rings. The molecule has 9 heteroatoms. The van der Waals surface area contributed by atoms with E-state index >= 15 is 0 Å². The van der Waals surface area contributed by atoms with E-state index in [2.05, 4.69) is 0 Å². The normalized spacial score (nSPS) is 51.7. The Morgan fingerprint density at radius 1 is 1.05 bits per heavy atom. The van der Waals surface area contributed by atoms with Gasteiger partial charge in [0.05, 0.1) is 36.8 Å². The van der Waals surface area contributed by atoms with Crippen LogP contribution in [0.5, 0.6) is 0 Å². The zero-order valence-corrected chi connectivity index (χ0v) is 22.6. The van der Waals surface area contributed by atoms with E-state index in [1.165, 1.54) is 14.0 Å². The lowest BCUT2D eigenvalue weighted by Crippen LogP contribution is -2.79. The van der Waals surface area contributed by atoms with Crippen LogP contribution in [-0.2, 0) is 28.6 Å². The number of ketones is 2. The number of Topliss-reactive ketones (excluding diaryl/α,β-unsaturated/α-hetero) is 2. The summed E-state index contributed by atoms with van der Waals surface area (Å²) in [7, 11) is 1.52. The molecule has 1 aliphatic heterocycles. The van der Waals surface area contributed by atoms with Gasteiger partial charge in [0.25, 0.3) is 0 Å². The number of esters is 1. The lowest BCUT2D eigenvalue weighted by molar-refractivity contribution is -0.373. The van der Waals surface area contributed by atoms with Crippen molar-refractivity contribution in [3.05, 3.63) is 24.2 Å². The quantitative estimate of drug-likeness (QED) is 0.566. The van der Waals surface area contributed by atoms with Gasteiger partial charge in [-0.15, -0.1) is 0 Å². The molecule has 4 aliphatic carbocycles. The molecule has 1 aromatic heterocycles. The Morgan fingerprint density at radius 3 is 2.42 bits per heavy atom. The van der Waals surface area contributed by atoms with Crippen LogP contribution < -0.4 is 0 Å². The van der Waals surface area contributed by atoms with E-state index in [0.29, 0.717) is 0 Å². The summed E-state index contributed by atoms with van der Waals surface area (Å²) in [5.74, 6) is -2.53. The van der Waals surface area contributed by atoms with E-state index in [9.17, 15) is 24.6 Å². The first-order valence-corrected chi connectivity index (χ1v) is 13.6. The van der Waals surface area contributed by atoms with E-state index in [4.69, 9.17) is 18.6 Å². The predicted molar refractivity (Wildman–Crippen MR) is 131 cm³/mol. The highest BCUT2D eigenvalue weighted by atomic mass is 16.7. The smallest absolute Gasteiger partial charge is 0.302 e. The third-order valence-electron chi connectivity index (χ3n) is 11.6. The predicted octanol–water partition coefficient (Wildman–Crippen LogP) is 2.63. The molecule has 208 valence electrons. The molecule has 2 bridgehead atoms. The Hall–Kier alpha value is -2.07. The van der Waals surface area contributed by atoms with Crippen molar-refractivity contribution in [1.29, 1.82) is 0 Å². The van der Waals surface area contributed by atoms with Crippen molar-refractivity contribution in [3.8, 4) is 0 Å². The minimum Gasteiger partial charge on any atom is -0.472 e. The number of fused-ring (bicyclic) bond motifs is 3. The monoisotopic (exact) mass is 530 g/mol. The van der Waals surface area contributed by atoms with Crippen LogP contribution in [0.25, 0.3) is 0 Å². The van der Waals surface area contributed by atoms with Gasteiger partial charge in [-0.25, -0.2) is 0 Å². The van der Waals surface area contributed by atoms with Crippen molar-refractivity contribution in [2.24, 2.45) is 39.4 Å². The molecular weight excluding hydrogens is 492 g/mol. The van der Waals surface area contributed by atoms with Crippen molar-refractivity contribution >= 4 is 17.5 Å². The van der Waals surface area contributed by atoms with E-state index in [-0.39, 0.29) is 49.8 Å². The second-order valence-corrected chi connectivity index (χ2v) is 13.2. The number of hydrogen-bond donors (Lipinski definition) is 2. The summed E-state index contributed by atoms with van der Waals surface area (Å²) < 4.78 is 23.0. The van der Waals surface area contributed by atoms with Crippen LogP contribution in [0, 0.1) is 39.4 Å². The number of furan rings is 1. The fourth-order valence-corrected chi connectivity index (χ4v) is 10.4. The molecule has 4 saturated carbocycles. The van der Waals surface area contributed by atoms with Crippen LogP contribution in [0.1, 0.15) is 64.9 Å². The van der Waals surface area contributed by atoms with Gasteiger partial charge >= 0.3 is 5.97 Å². The van der Waals surface area contributed by atoms with Crippen LogP contribution in [0.4, 0.5) is 0 Å². The first-order valence-electron chi connectivity index (χ1n) is 13.6. The fraction of sp³-hybridized carbons (Fsp3) is 0.759. The van der Waals surface area contributed by atoms with Gasteiger partial charge in [0, 0.05) is 61.9 Å². The highest BCUT2D eigenvalue weighted by molar-refractivity contribution is 5.94. The summed E-state index contributed by atoms with van der Waals surface area (Å²) in [4.78, 5) is 40.3. The molecule has 0 unspecified atom stereocenters. The van der Waals surface area contributed by atoms with E-state index in [0.717, 1.165) is 5.56 Å². The molecule has 38 heavy (non-hydrogen) atoms. The first-order chi connectivity index (χ1) is 17.9. The van der Waals surface area contributed by atoms with Gasteiger partial charge in [-0.05, 0) is 29.4 Å². The highest BCUT2D eigenvalue weighted by Gasteiger charge is 2.80. The molecule has 0 spiro atoms. The lowest BCUT2D eigenvalue weighted by Gasteiger charge is -2.72. The largest absolute Gasteiger partial charge is 0.472 e. The average molecular weight is 531 g/mol. The standard InChI is InChI=1S/C29H38O9/c1-14(30)38-22-10-21(34)29-13-37-25(35-5)27(22,3)19(29)9-20(33)28(4)23-17(31)8-16(15-6-7-36-12-15)26(23,2)11-18(32)24(28)29/h6-7,12,16,19-25,33-34H,8-11,13H2,1-5H3/t16-,19-,20+,21-,22+,23+,24-,25+,26-,27+,28-,29+/m0/s1. The van der Waals surface area contributed by atoms with Crippen LogP contribution in [-0.4, -0.2) is 66.1 Å². The summed E-state index contributed by atoms with van der Waals surface area (Å²) in [5, 5.41) is 23.9. The topological polar surface area (TPSA) is 133 Å². The highest BCUT2D eigenvalue weighted by Crippen LogP contribution is 2.75. The summed E-state index contributed by atoms with van der Waals surface area (Å²) >= 11 is 0. The average Bonchev–Trinajstić information content (AvgIpc) is 3.44. The fourth-order valence-electron chi connectivity index (χ4n) is 10.4. The summed E-state index contributed by atoms with van der Waals surface area (Å²) in [5.41, 5.74) is -2.88. The Morgan fingerprint density at radius 2 is 1.79 bits per heavy atom. The van der Waals surface area contributed by atoms with Gasteiger partial charge in [-0.1, -0.05) is 20.8 Å². The Balaban J connectivity index is 1.50. The van der Waals surface area contributed by atoms with E-state index < -0.39 is 70.0 Å². The van der Waals surface area contributed by atoms with Crippen LogP contribution >= 0.6 is 0 Å². The summed E-state index contributed by atoms with van der Waals surface area (Å²) in [6.45, 7) is 7.15. The second kappa shape index (κ2) is 8.22.